The highest BCUT2D eigenvalue weighted by Gasteiger charge is 2.02. The van der Waals surface area contributed by atoms with E-state index in [-0.39, 0.29) is 0 Å². The number of nitrogens with zero attached hydrogens (tertiary/aromatic N) is 3. The molecule has 0 fully saturated rings. The summed E-state index contributed by atoms with van der Waals surface area (Å²) < 4.78 is 0. The van der Waals surface area contributed by atoms with Crippen LogP contribution >= 0.6 is 0 Å². The number of hydrogen-bond acceptors (Lipinski definition) is 6. The molecule has 3 rings (SSSR count). The van der Waals surface area contributed by atoms with Gasteiger partial charge in [0.2, 0.25) is 0 Å². The van der Waals surface area contributed by atoms with Crippen molar-refractivity contribution in [2.75, 3.05) is 10.7 Å². The number of anilines is 2. The second-order valence-electron chi connectivity index (χ2n) is 4.28. The van der Waals surface area contributed by atoms with Crippen LogP contribution in [0, 0.1) is 0 Å². The van der Waals surface area contributed by atoms with Crippen LogP contribution in [0.5, 0.6) is 0 Å². The summed E-state index contributed by atoms with van der Waals surface area (Å²) >= 11 is 0. The summed E-state index contributed by atoms with van der Waals surface area (Å²) in [5.74, 6) is 6.60. The Balaban J connectivity index is 1.83. The molecule has 0 aliphatic rings. The fourth-order valence-electron chi connectivity index (χ4n) is 2.03. The van der Waals surface area contributed by atoms with Gasteiger partial charge in [-0.05, 0) is 11.6 Å². The van der Waals surface area contributed by atoms with Crippen LogP contribution in [0.25, 0.3) is 10.9 Å². The van der Waals surface area contributed by atoms with Crippen molar-refractivity contribution in [3.63, 3.8) is 0 Å². The van der Waals surface area contributed by atoms with E-state index in [1.165, 1.54) is 6.33 Å². The summed E-state index contributed by atoms with van der Waals surface area (Å²) in [6.45, 7) is 0.634. The molecule has 1 aromatic carbocycles. The molecule has 3 aromatic rings. The Hall–Kier alpha value is -2.73. The van der Waals surface area contributed by atoms with E-state index in [0.717, 1.165) is 16.5 Å². The number of benzene rings is 1. The molecular weight excluding hydrogens is 252 g/mol. The number of hydrazine groups is 1. The average Bonchev–Trinajstić information content (AvgIpc) is 2.53. The molecule has 0 saturated heterocycles. The van der Waals surface area contributed by atoms with Crippen molar-refractivity contribution in [1.82, 2.24) is 15.0 Å². The molecule has 6 nitrogen and oxygen atoms in total. The molecule has 4 N–H and O–H groups in total. The number of rotatable bonds is 4. The van der Waals surface area contributed by atoms with Crippen LogP contribution in [-0.2, 0) is 6.54 Å². The van der Waals surface area contributed by atoms with Crippen LogP contribution in [0.4, 0.5) is 11.6 Å². The van der Waals surface area contributed by atoms with Crippen LogP contribution in [0.2, 0.25) is 0 Å². The van der Waals surface area contributed by atoms with E-state index < -0.39 is 0 Å². The zero-order chi connectivity index (χ0) is 13.8. The van der Waals surface area contributed by atoms with Gasteiger partial charge in [0.25, 0.3) is 0 Å². The van der Waals surface area contributed by atoms with Crippen molar-refractivity contribution in [2.45, 2.75) is 6.54 Å². The summed E-state index contributed by atoms with van der Waals surface area (Å²) in [7, 11) is 0. The lowest BCUT2D eigenvalue weighted by molar-refractivity contribution is 1.08. The van der Waals surface area contributed by atoms with E-state index in [1.54, 1.807) is 12.3 Å². The molecule has 0 unspecified atom stereocenters. The van der Waals surface area contributed by atoms with Gasteiger partial charge >= 0.3 is 0 Å². The Kier molecular flexibility index (Phi) is 3.38. The van der Waals surface area contributed by atoms with Crippen LogP contribution in [0.3, 0.4) is 0 Å². The molecular formula is C14H14N6. The molecule has 0 amide bonds. The van der Waals surface area contributed by atoms with Crippen LogP contribution in [0.15, 0.2) is 48.9 Å². The van der Waals surface area contributed by atoms with Gasteiger partial charge in [0, 0.05) is 24.2 Å². The Labute approximate surface area is 116 Å². The first-order chi connectivity index (χ1) is 9.86. The molecule has 0 radical (unpaired) electrons. The molecule has 0 aliphatic heterocycles. The van der Waals surface area contributed by atoms with Crippen molar-refractivity contribution in [2.24, 2.45) is 5.84 Å². The first-order valence-electron chi connectivity index (χ1n) is 6.22. The maximum atomic E-state index is 5.32. The second kappa shape index (κ2) is 5.50. The van der Waals surface area contributed by atoms with Gasteiger partial charge in [-0.2, -0.15) is 0 Å². The molecule has 2 heterocycles. The van der Waals surface area contributed by atoms with Gasteiger partial charge < -0.3 is 10.7 Å². The molecule has 0 aliphatic carbocycles. The first kappa shape index (κ1) is 12.3. The molecule has 6 heteroatoms. The quantitative estimate of drug-likeness (QED) is 0.494. The predicted molar refractivity (Wildman–Crippen MR) is 78.9 cm³/mol. The van der Waals surface area contributed by atoms with E-state index in [9.17, 15) is 0 Å². The Morgan fingerprint density at radius 2 is 1.85 bits per heavy atom. The minimum absolute atomic E-state index is 0.568. The lowest BCUT2D eigenvalue weighted by atomic mass is 10.1. The first-order valence-corrected chi connectivity index (χ1v) is 6.22. The number of para-hydroxylation sites is 1. The maximum Gasteiger partial charge on any atom is 0.145 e. The second-order valence-corrected chi connectivity index (χ2v) is 4.28. The Bertz CT molecular complexity index is 722. The van der Waals surface area contributed by atoms with Gasteiger partial charge in [0.05, 0.1) is 5.52 Å². The van der Waals surface area contributed by atoms with Crippen molar-refractivity contribution in [1.29, 1.82) is 0 Å². The predicted octanol–water partition coefficient (Wildman–Crippen LogP) is 1.92. The highest BCUT2D eigenvalue weighted by Crippen LogP contribution is 2.17. The Morgan fingerprint density at radius 3 is 2.75 bits per heavy atom. The monoisotopic (exact) mass is 266 g/mol. The van der Waals surface area contributed by atoms with Crippen molar-refractivity contribution >= 4 is 22.5 Å². The van der Waals surface area contributed by atoms with Gasteiger partial charge in [-0.3, -0.25) is 4.98 Å². The third-order valence-corrected chi connectivity index (χ3v) is 2.99. The van der Waals surface area contributed by atoms with Crippen LogP contribution in [0.1, 0.15) is 5.56 Å². The summed E-state index contributed by atoms with van der Waals surface area (Å²) in [4.78, 5) is 12.5. The van der Waals surface area contributed by atoms with E-state index in [2.05, 4.69) is 25.7 Å². The summed E-state index contributed by atoms with van der Waals surface area (Å²) in [6.07, 6.45) is 3.26. The summed E-state index contributed by atoms with van der Waals surface area (Å²) in [5, 5.41) is 4.37. The molecule has 2 aromatic heterocycles. The zero-order valence-electron chi connectivity index (χ0n) is 10.7. The zero-order valence-corrected chi connectivity index (χ0v) is 10.7. The number of nitrogens with two attached hydrogens (primary N) is 1. The van der Waals surface area contributed by atoms with Gasteiger partial charge in [-0.1, -0.05) is 24.3 Å². The minimum Gasteiger partial charge on any atom is -0.366 e. The van der Waals surface area contributed by atoms with Gasteiger partial charge in [0.1, 0.15) is 18.0 Å². The Morgan fingerprint density at radius 1 is 1.00 bits per heavy atom. The molecule has 20 heavy (non-hydrogen) atoms. The molecule has 0 atom stereocenters. The van der Waals surface area contributed by atoms with Gasteiger partial charge in [-0.25, -0.2) is 15.8 Å². The van der Waals surface area contributed by atoms with Crippen molar-refractivity contribution in [3.05, 3.63) is 54.5 Å². The van der Waals surface area contributed by atoms with Gasteiger partial charge in [-0.15, -0.1) is 0 Å². The van der Waals surface area contributed by atoms with Crippen LogP contribution < -0.4 is 16.6 Å². The molecule has 100 valence electrons. The molecule has 0 bridgehead atoms. The van der Waals surface area contributed by atoms with Crippen LogP contribution in [-0.4, -0.2) is 15.0 Å². The standard InChI is InChI=1S/C14H14N6/c15-20-13-7-12(18-9-19-13)17-8-11-4-1-3-10-5-2-6-16-14(10)11/h1-7,9H,8,15H2,(H2,17,18,19,20). The smallest absolute Gasteiger partial charge is 0.145 e. The third kappa shape index (κ3) is 2.50. The fourth-order valence-corrected chi connectivity index (χ4v) is 2.03. The van der Waals surface area contributed by atoms with E-state index >= 15 is 0 Å². The lowest BCUT2D eigenvalue weighted by Gasteiger charge is -2.08. The normalized spacial score (nSPS) is 10.4. The van der Waals surface area contributed by atoms with E-state index in [0.29, 0.717) is 18.2 Å². The SMILES string of the molecule is NNc1cc(NCc2cccc3cccnc23)ncn1. The van der Waals surface area contributed by atoms with Gasteiger partial charge in [0.15, 0.2) is 0 Å². The number of nitrogen functional groups attached to an aromatic ring is 1. The average molecular weight is 266 g/mol. The number of hydrogen-bond donors (Lipinski definition) is 3. The lowest BCUT2D eigenvalue weighted by Crippen LogP contribution is -2.10. The number of pyridine rings is 1. The van der Waals surface area contributed by atoms with E-state index in [1.807, 2.05) is 30.3 Å². The number of aromatic nitrogens is 3. The molecule has 0 saturated carbocycles. The van der Waals surface area contributed by atoms with Crippen molar-refractivity contribution in [3.8, 4) is 0 Å². The topological polar surface area (TPSA) is 88.8 Å². The number of fused-ring (bicyclic) bond motifs is 1. The van der Waals surface area contributed by atoms with Crippen molar-refractivity contribution < 1.29 is 0 Å². The van der Waals surface area contributed by atoms with E-state index in [4.69, 9.17) is 5.84 Å². The summed E-state index contributed by atoms with van der Waals surface area (Å²) in [6, 6.07) is 11.8. The third-order valence-electron chi connectivity index (χ3n) is 2.99. The highest BCUT2D eigenvalue weighted by molar-refractivity contribution is 5.81. The molecule has 0 spiro atoms. The minimum atomic E-state index is 0.568. The fraction of sp³-hybridized carbons (Fsp3) is 0.0714. The summed E-state index contributed by atoms with van der Waals surface area (Å²) in [5.41, 5.74) is 4.60. The number of nitrogens with one attached hydrogen (secondary N) is 2. The highest BCUT2D eigenvalue weighted by atomic mass is 15.3. The maximum absolute atomic E-state index is 5.32. The largest absolute Gasteiger partial charge is 0.366 e.